The first kappa shape index (κ1) is 11.7. The fraction of sp³-hybridized carbons (Fsp3) is 0.200. The molecule has 5 heteroatoms. The van der Waals surface area contributed by atoms with Crippen LogP contribution in [-0.2, 0) is 11.2 Å². The van der Waals surface area contributed by atoms with Crippen molar-refractivity contribution in [3.05, 3.63) is 34.1 Å². The van der Waals surface area contributed by atoms with E-state index in [-0.39, 0.29) is 5.02 Å². The van der Waals surface area contributed by atoms with Gasteiger partial charge in [-0.2, -0.15) is 0 Å². The standard InChI is InChI=1S/C10H8ClFO3/c1-2-5-3-6(9(13)10(14)15)8(12)7(11)4-5/h3-4H,2H2,1H3,(H,14,15). The SMILES string of the molecule is CCc1cc(Cl)c(F)c(C(=O)C(=O)O)c1. The van der Waals surface area contributed by atoms with Gasteiger partial charge in [0.05, 0.1) is 10.6 Å². The molecule has 0 unspecified atom stereocenters. The van der Waals surface area contributed by atoms with Gasteiger partial charge in [0.1, 0.15) is 0 Å². The molecule has 0 bridgehead atoms. The molecule has 0 aliphatic rings. The number of halogens is 2. The number of carboxylic acids is 1. The molecule has 0 radical (unpaired) electrons. The first-order valence-corrected chi connectivity index (χ1v) is 4.60. The molecule has 0 spiro atoms. The molecular weight excluding hydrogens is 223 g/mol. The molecular formula is C10H8ClFO3. The summed E-state index contributed by atoms with van der Waals surface area (Å²) >= 11 is 5.53. The third-order valence-corrected chi connectivity index (χ3v) is 2.21. The zero-order chi connectivity index (χ0) is 11.6. The van der Waals surface area contributed by atoms with Crippen molar-refractivity contribution in [3.63, 3.8) is 0 Å². The Bertz CT molecular complexity index is 429. The predicted octanol–water partition coefficient (Wildman–Crippen LogP) is 2.31. The summed E-state index contributed by atoms with van der Waals surface area (Å²) in [6, 6.07) is 2.58. The van der Waals surface area contributed by atoms with Gasteiger partial charge in [-0.25, -0.2) is 9.18 Å². The van der Waals surface area contributed by atoms with Crippen molar-refractivity contribution in [2.45, 2.75) is 13.3 Å². The third-order valence-electron chi connectivity index (χ3n) is 1.94. The number of hydrogen-bond acceptors (Lipinski definition) is 2. The second-order valence-corrected chi connectivity index (χ2v) is 3.33. The first-order valence-electron chi connectivity index (χ1n) is 4.23. The molecule has 0 saturated heterocycles. The maximum Gasteiger partial charge on any atom is 0.377 e. The summed E-state index contributed by atoms with van der Waals surface area (Å²) in [4.78, 5) is 21.5. The van der Waals surface area contributed by atoms with E-state index in [0.29, 0.717) is 12.0 Å². The summed E-state index contributed by atoms with van der Waals surface area (Å²) in [5.41, 5.74) is 0.123. The lowest BCUT2D eigenvalue weighted by Gasteiger charge is -2.04. The van der Waals surface area contributed by atoms with E-state index >= 15 is 0 Å². The van der Waals surface area contributed by atoms with Crippen LogP contribution in [-0.4, -0.2) is 16.9 Å². The first-order chi connectivity index (χ1) is 6.97. The van der Waals surface area contributed by atoms with E-state index < -0.39 is 23.1 Å². The number of aliphatic carboxylic acids is 1. The zero-order valence-electron chi connectivity index (χ0n) is 7.88. The molecule has 15 heavy (non-hydrogen) atoms. The molecule has 80 valence electrons. The van der Waals surface area contributed by atoms with Crippen LogP contribution in [0.15, 0.2) is 12.1 Å². The molecule has 0 atom stereocenters. The smallest absolute Gasteiger partial charge is 0.377 e. The van der Waals surface area contributed by atoms with Crippen LogP contribution in [0, 0.1) is 5.82 Å². The van der Waals surface area contributed by atoms with Gasteiger partial charge in [0.2, 0.25) is 0 Å². The third kappa shape index (κ3) is 2.33. The van der Waals surface area contributed by atoms with Crippen molar-refractivity contribution in [2.24, 2.45) is 0 Å². The molecule has 0 aliphatic carbocycles. The molecule has 1 aromatic carbocycles. The fourth-order valence-electron chi connectivity index (χ4n) is 1.13. The molecule has 0 aliphatic heterocycles. The van der Waals surface area contributed by atoms with Crippen LogP contribution in [0.2, 0.25) is 5.02 Å². The maximum absolute atomic E-state index is 13.3. The maximum atomic E-state index is 13.3. The molecule has 0 saturated carbocycles. The Morgan fingerprint density at radius 1 is 1.47 bits per heavy atom. The minimum Gasteiger partial charge on any atom is -0.475 e. The van der Waals surface area contributed by atoms with Gasteiger partial charge in [-0.15, -0.1) is 0 Å². The van der Waals surface area contributed by atoms with Crippen LogP contribution in [0.5, 0.6) is 0 Å². The van der Waals surface area contributed by atoms with Crippen LogP contribution in [0.3, 0.4) is 0 Å². The normalized spacial score (nSPS) is 10.1. The highest BCUT2D eigenvalue weighted by atomic mass is 35.5. The highest BCUT2D eigenvalue weighted by molar-refractivity contribution is 6.40. The lowest BCUT2D eigenvalue weighted by atomic mass is 10.0. The molecule has 0 amide bonds. The minimum absolute atomic E-state index is 0.237. The monoisotopic (exact) mass is 230 g/mol. The average molecular weight is 231 g/mol. The van der Waals surface area contributed by atoms with E-state index in [1.807, 2.05) is 0 Å². The van der Waals surface area contributed by atoms with Gasteiger partial charge in [0, 0.05) is 0 Å². The van der Waals surface area contributed by atoms with Crippen LogP contribution in [0.1, 0.15) is 22.8 Å². The summed E-state index contributed by atoms with van der Waals surface area (Å²) in [6.45, 7) is 1.79. The number of hydrogen-bond donors (Lipinski definition) is 1. The molecule has 0 fully saturated rings. The van der Waals surface area contributed by atoms with Crippen molar-refractivity contribution in [1.29, 1.82) is 0 Å². The number of carbonyl (C=O) groups is 2. The Hall–Kier alpha value is -1.42. The quantitative estimate of drug-likeness (QED) is 0.640. The number of ketones is 1. The molecule has 0 aromatic heterocycles. The van der Waals surface area contributed by atoms with E-state index in [2.05, 4.69) is 0 Å². The minimum atomic E-state index is -1.70. The summed E-state index contributed by atoms with van der Waals surface area (Å²) in [5.74, 6) is -3.97. The van der Waals surface area contributed by atoms with Crippen LogP contribution in [0.4, 0.5) is 4.39 Å². The molecule has 1 aromatic rings. The second kappa shape index (κ2) is 4.40. The summed E-state index contributed by atoms with van der Waals surface area (Å²) in [5, 5.41) is 8.22. The highest BCUT2D eigenvalue weighted by Gasteiger charge is 2.21. The largest absolute Gasteiger partial charge is 0.475 e. The molecule has 1 rings (SSSR count). The second-order valence-electron chi connectivity index (χ2n) is 2.93. The predicted molar refractivity (Wildman–Crippen MR) is 52.8 cm³/mol. The van der Waals surface area contributed by atoms with Crippen LogP contribution in [0.25, 0.3) is 0 Å². The van der Waals surface area contributed by atoms with E-state index in [1.54, 1.807) is 6.92 Å². The van der Waals surface area contributed by atoms with Gasteiger partial charge in [0.15, 0.2) is 5.82 Å². The Morgan fingerprint density at radius 3 is 2.53 bits per heavy atom. The molecule has 0 heterocycles. The Labute approximate surface area is 90.5 Å². The Morgan fingerprint density at radius 2 is 2.07 bits per heavy atom. The topological polar surface area (TPSA) is 54.4 Å². The average Bonchev–Trinajstić information content (AvgIpc) is 2.20. The van der Waals surface area contributed by atoms with Crippen molar-refractivity contribution in [3.8, 4) is 0 Å². The summed E-state index contributed by atoms with van der Waals surface area (Å²) < 4.78 is 13.3. The Balaban J connectivity index is 3.34. The Kier molecular flexibility index (Phi) is 3.42. The lowest BCUT2D eigenvalue weighted by Crippen LogP contribution is -2.15. The van der Waals surface area contributed by atoms with Gasteiger partial charge in [-0.05, 0) is 24.1 Å². The lowest BCUT2D eigenvalue weighted by molar-refractivity contribution is -0.131. The zero-order valence-corrected chi connectivity index (χ0v) is 8.64. The van der Waals surface area contributed by atoms with Crippen molar-refractivity contribution >= 4 is 23.4 Å². The number of benzene rings is 1. The van der Waals surface area contributed by atoms with E-state index in [1.165, 1.54) is 12.1 Å². The van der Waals surface area contributed by atoms with Gasteiger partial charge >= 0.3 is 5.97 Å². The van der Waals surface area contributed by atoms with E-state index in [0.717, 1.165) is 0 Å². The van der Waals surface area contributed by atoms with E-state index in [4.69, 9.17) is 16.7 Å². The van der Waals surface area contributed by atoms with Gasteiger partial charge in [0.25, 0.3) is 5.78 Å². The molecule has 3 nitrogen and oxygen atoms in total. The highest BCUT2D eigenvalue weighted by Crippen LogP contribution is 2.21. The molecule has 1 N–H and O–H groups in total. The number of rotatable bonds is 3. The van der Waals surface area contributed by atoms with Crippen molar-refractivity contribution in [2.75, 3.05) is 0 Å². The fourth-order valence-corrected chi connectivity index (χ4v) is 1.37. The van der Waals surface area contributed by atoms with Crippen LogP contribution < -0.4 is 0 Å². The van der Waals surface area contributed by atoms with Crippen molar-refractivity contribution in [1.82, 2.24) is 0 Å². The van der Waals surface area contributed by atoms with Crippen LogP contribution >= 0.6 is 11.6 Å². The summed E-state index contributed by atoms with van der Waals surface area (Å²) in [7, 11) is 0. The van der Waals surface area contributed by atoms with E-state index in [9.17, 15) is 14.0 Å². The van der Waals surface area contributed by atoms with Gasteiger partial charge < -0.3 is 5.11 Å². The summed E-state index contributed by atoms with van der Waals surface area (Å²) in [6.07, 6.45) is 0.542. The van der Waals surface area contributed by atoms with Crippen molar-refractivity contribution < 1.29 is 19.1 Å². The number of aryl methyl sites for hydroxylation is 1. The number of Topliss-reactive ketones (excluding diaryl/α,β-unsaturated/α-hetero) is 1. The van der Waals surface area contributed by atoms with Gasteiger partial charge in [-0.3, -0.25) is 4.79 Å². The van der Waals surface area contributed by atoms with Gasteiger partial charge in [-0.1, -0.05) is 18.5 Å². The number of carbonyl (C=O) groups excluding carboxylic acids is 1. The number of carboxylic acid groups (broad SMARTS) is 1.